The summed E-state index contributed by atoms with van der Waals surface area (Å²) in [5.74, 6) is 0. The summed E-state index contributed by atoms with van der Waals surface area (Å²) in [7, 11) is 0. The molecule has 0 unspecified atom stereocenters. The number of thiophene rings is 1. The summed E-state index contributed by atoms with van der Waals surface area (Å²) in [6.07, 6.45) is 0. The summed E-state index contributed by atoms with van der Waals surface area (Å²) in [5, 5.41) is 13.0. The lowest BCUT2D eigenvalue weighted by Gasteiger charge is -2.22. The summed E-state index contributed by atoms with van der Waals surface area (Å²) in [6, 6.07) is 68.4. The smallest absolute Gasteiger partial charge is 0.0361 e. The maximum Gasteiger partial charge on any atom is 0.0361 e. The molecule has 10 aromatic carbocycles. The van der Waals surface area contributed by atoms with Crippen LogP contribution in [0, 0.1) is 0 Å². The van der Waals surface area contributed by atoms with Crippen molar-refractivity contribution in [3.63, 3.8) is 0 Å². The van der Waals surface area contributed by atoms with E-state index in [2.05, 4.69) is 196 Å². The summed E-state index contributed by atoms with van der Waals surface area (Å²) in [4.78, 5) is 0. The van der Waals surface area contributed by atoms with E-state index in [0.717, 1.165) is 0 Å². The Bertz CT molecular complexity index is 3390. The van der Waals surface area contributed by atoms with Crippen LogP contribution in [0.1, 0.15) is 25.0 Å². The predicted octanol–water partition coefficient (Wildman–Crippen LogP) is 16.0. The van der Waals surface area contributed by atoms with Crippen LogP contribution in [0.15, 0.2) is 182 Å². The van der Waals surface area contributed by atoms with Gasteiger partial charge in [-0.3, -0.25) is 0 Å². The standard InChI is InChI=1S/C55H36S/c1-55(2)49-26-25-36(28-46(49)47-29-38-32-52-48(30-37(38)31-50(47)55)41-18-9-10-24-51(41)56-52)54-44-21-7-5-19-42(44)53(43-20-6-8-22-45(43)54)35-16-11-15-34(27-35)40-23-12-14-33-13-3-4-17-39(33)40/h3-32H,1-2H3. The molecular formula is C55H36S. The van der Waals surface area contributed by atoms with Crippen LogP contribution in [-0.2, 0) is 5.41 Å². The van der Waals surface area contributed by atoms with Gasteiger partial charge < -0.3 is 0 Å². The fraction of sp³-hybridized carbons (Fsp3) is 0.0545. The molecule has 56 heavy (non-hydrogen) atoms. The van der Waals surface area contributed by atoms with E-state index >= 15 is 0 Å². The zero-order valence-electron chi connectivity index (χ0n) is 31.2. The quantitative estimate of drug-likeness (QED) is 0.159. The molecule has 0 N–H and O–H groups in total. The van der Waals surface area contributed by atoms with E-state index in [-0.39, 0.29) is 5.41 Å². The van der Waals surface area contributed by atoms with Gasteiger partial charge in [0.15, 0.2) is 0 Å². The van der Waals surface area contributed by atoms with Crippen molar-refractivity contribution >= 4 is 74.6 Å². The molecule has 0 radical (unpaired) electrons. The molecule has 1 aliphatic carbocycles. The van der Waals surface area contributed by atoms with Crippen LogP contribution in [0.25, 0.3) is 108 Å². The van der Waals surface area contributed by atoms with Crippen LogP contribution in [0.2, 0.25) is 0 Å². The minimum absolute atomic E-state index is 0.105. The molecule has 1 aromatic heterocycles. The average Bonchev–Trinajstić information content (AvgIpc) is 3.70. The fourth-order valence-electron chi connectivity index (χ4n) is 9.94. The first kappa shape index (κ1) is 31.8. The zero-order valence-corrected chi connectivity index (χ0v) is 32.0. The molecule has 0 fully saturated rings. The van der Waals surface area contributed by atoms with Gasteiger partial charge in [-0.25, -0.2) is 0 Å². The molecule has 262 valence electrons. The lowest BCUT2D eigenvalue weighted by molar-refractivity contribution is 0.661. The lowest BCUT2D eigenvalue weighted by atomic mass is 9.81. The highest BCUT2D eigenvalue weighted by Crippen LogP contribution is 2.53. The molecule has 0 amide bonds. The van der Waals surface area contributed by atoms with Gasteiger partial charge >= 0.3 is 0 Å². The second-order valence-corrected chi connectivity index (χ2v) is 17.1. The number of benzene rings is 10. The third-order valence-electron chi connectivity index (χ3n) is 12.6. The molecule has 12 rings (SSSR count). The van der Waals surface area contributed by atoms with E-state index in [1.165, 1.54) is 119 Å². The van der Waals surface area contributed by atoms with Crippen molar-refractivity contribution < 1.29 is 0 Å². The van der Waals surface area contributed by atoms with Gasteiger partial charge in [0.25, 0.3) is 0 Å². The Morgan fingerprint density at radius 1 is 0.321 bits per heavy atom. The second-order valence-electron chi connectivity index (χ2n) is 16.0. The summed E-state index contributed by atoms with van der Waals surface area (Å²) in [5.41, 5.74) is 13.0. The van der Waals surface area contributed by atoms with Gasteiger partial charge in [0.1, 0.15) is 0 Å². The van der Waals surface area contributed by atoms with Crippen molar-refractivity contribution in [3.05, 3.63) is 193 Å². The maximum atomic E-state index is 2.49. The molecule has 0 aliphatic heterocycles. The normalized spacial score (nSPS) is 13.3. The Kier molecular flexibility index (Phi) is 6.66. The Balaban J connectivity index is 1.06. The molecule has 0 saturated carbocycles. The van der Waals surface area contributed by atoms with E-state index in [0.29, 0.717) is 0 Å². The van der Waals surface area contributed by atoms with Crippen molar-refractivity contribution in [2.45, 2.75) is 19.3 Å². The first-order valence-corrected chi connectivity index (χ1v) is 20.4. The monoisotopic (exact) mass is 728 g/mol. The first-order valence-electron chi connectivity index (χ1n) is 19.6. The van der Waals surface area contributed by atoms with Crippen molar-refractivity contribution in [1.29, 1.82) is 0 Å². The highest BCUT2D eigenvalue weighted by atomic mass is 32.1. The number of hydrogen-bond donors (Lipinski definition) is 0. The molecule has 1 heterocycles. The van der Waals surface area contributed by atoms with Crippen LogP contribution in [0.5, 0.6) is 0 Å². The zero-order chi connectivity index (χ0) is 37.1. The molecule has 0 atom stereocenters. The molecule has 0 saturated heterocycles. The topological polar surface area (TPSA) is 0 Å². The third kappa shape index (κ3) is 4.53. The SMILES string of the molecule is CC1(C)c2ccc(-c3c4ccccc4c(-c4cccc(-c5cccc6ccccc56)c4)c4ccccc34)cc2-c2cc3cc4sc5ccccc5c4cc3cc21. The van der Waals surface area contributed by atoms with E-state index < -0.39 is 0 Å². The number of fused-ring (bicyclic) bond motifs is 10. The van der Waals surface area contributed by atoms with Gasteiger partial charge in [-0.1, -0.05) is 153 Å². The highest BCUT2D eigenvalue weighted by Gasteiger charge is 2.36. The van der Waals surface area contributed by atoms with Gasteiger partial charge in [-0.2, -0.15) is 0 Å². The fourth-order valence-corrected chi connectivity index (χ4v) is 11.1. The Labute approximate surface area is 329 Å². The summed E-state index contributed by atoms with van der Waals surface area (Å²) >= 11 is 1.90. The molecule has 1 heteroatoms. The van der Waals surface area contributed by atoms with Crippen molar-refractivity contribution in [1.82, 2.24) is 0 Å². The van der Waals surface area contributed by atoms with Crippen LogP contribution in [-0.4, -0.2) is 0 Å². The lowest BCUT2D eigenvalue weighted by Crippen LogP contribution is -2.14. The summed E-state index contributed by atoms with van der Waals surface area (Å²) < 4.78 is 2.70. The Hall–Kier alpha value is -6.54. The second kappa shape index (κ2) is 11.7. The van der Waals surface area contributed by atoms with Crippen LogP contribution in [0.4, 0.5) is 0 Å². The van der Waals surface area contributed by atoms with E-state index in [4.69, 9.17) is 0 Å². The largest absolute Gasteiger partial charge is 0.135 e. The van der Waals surface area contributed by atoms with E-state index in [9.17, 15) is 0 Å². The van der Waals surface area contributed by atoms with Crippen molar-refractivity contribution in [2.24, 2.45) is 0 Å². The molecule has 0 spiro atoms. The predicted molar refractivity (Wildman–Crippen MR) is 243 cm³/mol. The minimum atomic E-state index is -0.105. The van der Waals surface area contributed by atoms with Crippen molar-refractivity contribution in [3.8, 4) is 44.5 Å². The van der Waals surface area contributed by atoms with Gasteiger partial charge in [0, 0.05) is 25.6 Å². The Morgan fingerprint density at radius 3 is 1.64 bits per heavy atom. The maximum absolute atomic E-state index is 2.49. The first-order chi connectivity index (χ1) is 27.5. The molecule has 0 bridgehead atoms. The van der Waals surface area contributed by atoms with Crippen molar-refractivity contribution in [2.75, 3.05) is 0 Å². The number of rotatable bonds is 3. The molecule has 0 nitrogen and oxygen atoms in total. The van der Waals surface area contributed by atoms with Gasteiger partial charge in [-0.15, -0.1) is 11.3 Å². The van der Waals surface area contributed by atoms with E-state index in [1.54, 1.807) is 0 Å². The van der Waals surface area contributed by atoms with Gasteiger partial charge in [0.05, 0.1) is 0 Å². The highest BCUT2D eigenvalue weighted by molar-refractivity contribution is 7.25. The number of hydrogen-bond acceptors (Lipinski definition) is 1. The van der Waals surface area contributed by atoms with Crippen LogP contribution < -0.4 is 0 Å². The molecule has 1 aliphatic rings. The van der Waals surface area contributed by atoms with Gasteiger partial charge in [-0.05, 0) is 141 Å². The molecule has 11 aromatic rings. The van der Waals surface area contributed by atoms with Crippen LogP contribution in [0.3, 0.4) is 0 Å². The molecular weight excluding hydrogens is 693 g/mol. The Morgan fingerprint density at radius 2 is 0.893 bits per heavy atom. The minimum Gasteiger partial charge on any atom is -0.135 e. The van der Waals surface area contributed by atoms with Crippen LogP contribution >= 0.6 is 11.3 Å². The van der Waals surface area contributed by atoms with Gasteiger partial charge in [0.2, 0.25) is 0 Å². The van der Waals surface area contributed by atoms with E-state index in [1.807, 2.05) is 11.3 Å². The average molecular weight is 729 g/mol. The third-order valence-corrected chi connectivity index (χ3v) is 13.7. The summed E-state index contributed by atoms with van der Waals surface area (Å²) in [6.45, 7) is 4.79.